The SMILES string of the molecule is C=C(COC1CCCCO1)c1cc(NC(=O)C(C)(C)NCC2CCOCC2)on1. The van der Waals surface area contributed by atoms with Crippen molar-refractivity contribution in [1.82, 2.24) is 10.5 Å². The molecule has 2 aliphatic rings. The quantitative estimate of drug-likeness (QED) is 0.650. The minimum atomic E-state index is -0.732. The molecule has 1 atom stereocenters. The van der Waals surface area contributed by atoms with Crippen molar-refractivity contribution in [3.63, 3.8) is 0 Å². The van der Waals surface area contributed by atoms with E-state index in [1.54, 1.807) is 6.07 Å². The molecule has 1 aromatic rings. The Morgan fingerprint density at radius 2 is 2.07 bits per heavy atom. The molecule has 0 radical (unpaired) electrons. The fourth-order valence-corrected chi connectivity index (χ4v) is 3.31. The van der Waals surface area contributed by atoms with E-state index in [0.29, 0.717) is 29.7 Å². The lowest BCUT2D eigenvalue weighted by Crippen LogP contribution is -2.51. The van der Waals surface area contributed by atoms with Crippen LogP contribution in [0.15, 0.2) is 17.2 Å². The van der Waals surface area contributed by atoms with Crippen molar-refractivity contribution >= 4 is 17.4 Å². The van der Waals surface area contributed by atoms with Crippen molar-refractivity contribution in [2.45, 2.75) is 57.8 Å². The molecule has 3 heterocycles. The van der Waals surface area contributed by atoms with E-state index in [0.717, 1.165) is 58.5 Å². The molecule has 8 heteroatoms. The smallest absolute Gasteiger partial charge is 0.246 e. The Hall–Kier alpha value is -1.74. The van der Waals surface area contributed by atoms with Crippen LogP contribution in [-0.2, 0) is 19.0 Å². The Labute approximate surface area is 172 Å². The molecule has 1 unspecified atom stereocenters. The van der Waals surface area contributed by atoms with E-state index in [1.165, 1.54) is 0 Å². The number of aromatic nitrogens is 1. The highest BCUT2D eigenvalue weighted by Crippen LogP contribution is 2.21. The van der Waals surface area contributed by atoms with Crippen LogP contribution in [0.25, 0.3) is 5.57 Å². The average Bonchev–Trinajstić information content (AvgIpc) is 3.21. The summed E-state index contributed by atoms with van der Waals surface area (Å²) in [5.74, 6) is 0.648. The maximum absolute atomic E-state index is 12.7. The van der Waals surface area contributed by atoms with E-state index in [1.807, 2.05) is 13.8 Å². The number of hydrogen-bond acceptors (Lipinski definition) is 7. The van der Waals surface area contributed by atoms with Gasteiger partial charge < -0.3 is 24.1 Å². The van der Waals surface area contributed by atoms with E-state index in [2.05, 4.69) is 22.4 Å². The lowest BCUT2D eigenvalue weighted by Gasteiger charge is -2.29. The van der Waals surface area contributed by atoms with Gasteiger partial charge in [0.05, 0.1) is 12.1 Å². The highest BCUT2D eigenvalue weighted by Gasteiger charge is 2.29. The van der Waals surface area contributed by atoms with E-state index >= 15 is 0 Å². The number of hydrogen-bond donors (Lipinski definition) is 2. The largest absolute Gasteiger partial charge is 0.381 e. The highest BCUT2D eigenvalue weighted by atomic mass is 16.7. The molecule has 0 bridgehead atoms. The summed E-state index contributed by atoms with van der Waals surface area (Å²) in [7, 11) is 0. The number of carbonyl (C=O) groups is 1. The molecule has 8 nitrogen and oxygen atoms in total. The van der Waals surface area contributed by atoms with Gasteiger partial charge in [-0.15, -0.1) is 0 Å². The van der Waals surface area contributed by atoms with Crippen LogP contribution in [0.2, 0.25) is 0 Å². The zero-order chi connectivity index (χ0) is 20.7. The molecule has 2 fully saturated rings. The summed E-state index contributed by atoms with van der Waals surface area (Å²) in [6.45, 7) is 11.1. The maximum Gasteiger partial charge on any atom is 0.246 e. The Balaban J connectivity index is 1.45. The first-order valence-electron chi connectivity index (χ1n) is 10.5. The van der Waals surface area contributed by atoms with Gasteiger partial charge in [0, 0.05) is 25.9 Å². The van der Waals surface area contributed by atoms with Gasteiger partial charge in [-0.25, -0.2) is 0 Å². The van der Waals surface area contributed by atoms with Crippen LogP contribution in [0, 0.1) is 5.92 Å². The molecule has 2 aliphatic heterocycles. The molecule has 2 N–H and O–H groups in total. The lowest BCUT2D eigenvalue weighted by molar-refractivity contribution is -0.154. The number of rotatable bonds is 9. The predicted octanol–water partition coefficient (Wildman–Crippen LogP) is 2.96. The van der Waals surface area contributed by atoms with Crippen molar-refractivity contribution in [2.24, 2.45) is 5.92 Å². The van der Waals surface area contributed by atoms with Gasteiger partial charge in [-0.05, 0) is 64.0 Å². The van der Waals surface area contributed by atoms with Gasteiger partial charge in [-0.3, -0.25) is 10.1 Å². The lowest BCUT2D eigenvalue weighted by atomic mass is 9.97. The fraction of sp³-hybridized carbons (Fsp3) is 0.714. The minimum Gasteiger partial charge on any atom is -0.381 e. The number of nitrogens with zero attached hydrogens (tertiary/aromatic N) is 1. The van der Waals surface area contributed by atoms with Gasteiger partial charge in [0.15, 0.2) is 6.29 Å². The first kappa shape index (κ1) is 22.0. The predicted molar refractivity (Wildman–Crippen MR) is 109 cm³/mol. The van der Waals surface area contributed by atoms with Gasteiger partial charge >= 0.3 is 0 Å². The molecule has 1 amide bonds. The van der Waals surface area contributed by atoms with Crippen LogP contribution in [0.3, 0.4) is 0 Å². The molecule has 0 spiro atoms. The fourth-order valence-electron chi connectivity index (χ4n) is 3.31. The van der Waals surface area contributed by atoms with Gasteiger partial charge in [0.2, 0.25) is 11.8 Å². The summed E-state index contributed by atoms with van der Waals surface area (Å²) in [5, 5.41) is 10.1. The van der Waals surface area contributed by atoms with Crippen molar-refractivity contribution in [1.29, 1.82) is 0 Å². The van der Waals surface area contributed by atoms with E-state index in [-0.39, 0.29) is 12.2 Å². The van der Waals surface area contributed by atoms with Gasteiger partial charge in [0.25, 0.3) is 0 Å². The second-order valence-electron chi connectivity index (χ2n) is 8.30. The van der Waals surface area contributed by atoms with Gasteiger partial charge in [-0.2, -0.15) is 0 Å². The molecule has 0 aromatic carbocycles. The molecule has 0 aliphatic carbocycles. The normalized spacial score (nSPS) is 21.1. The number of carbonyl (C=O) groups excluding carboxylic acids is 1. The van der Waals surface area contributed by atoms with Crippen LogP contribution in [0.1, 0.15) is 51.6 Å². The molecule has 0 saturated carbocycles. The number of ether oxygens (including phenoxy) is 3. The summed E-state index contributed by atoms with van der Waals surface area (Å²) in [4.78, 5) is 12.7. The molecule has 162 valence electrons. The van der Waals surface area contributed by atoms with Crippen LogP contribution < -0.4 is 10.6 Å². The summed E-state index contributed by atoms with van der Waals surface area (Å²) in [6, 6.07) is 1.67. The standard InChI is InChI=1S/C21H33N3O5/c1-15(14-28-19-6-4-5-9-27-19)17-12-18(29-24-17)23-20(25)21(2,3)22-13-16-7-10-26-11-8-16/h12,16,19,22H,1,4-11,13-14H2,2-3H3,(H,23,25). The van der Waals surface area contributed by atoms with Crippen molar-refractivity contribution in [2.75, 3.05) is 38.3 Å². The zero-order valence-electron chi connectivity index (χ0n) is 17.5. The Morgan fingerprint density at radius 3 is 2.79 bits per heavy atom. The Bertz CT molecular complexity index is 676. The van der Waals surface area contributed by atoms with E-state index in [9.17, 15) is 4.79 Å². The Kier molecular flexibility index (Phi) is 7.83. The monoisotopic (exact) mass is 407 g/mol. The second-order valence-corrected chi connectivity index (χ2v) is 8.30. The number of amides is 1. The van der Waals surface area contributed by atoms with Crippen molar-refractivity contribution < 1.29 is 23.5 Å². The zero-order valence-corrected chi connectivity index (χ0v) is 17.5. The summed E-state index contributed by atoms with van der Waals surface area (Å²) < 4.78 is 21.9. The average molecular weight is 408 g/mol. The topological polar surface area (TPSA) is 94.9 Å². The molecule has 2 saturated heterocycles. The molecular formula is C21H33N3O5. The third-order valence-electron chi connectivity index (χ3n) is 5.43. The molecule has 3 rings (SSSR count). The van der Waals surface area contributed by atoms with Crippen LogP contribution in [-0.4, -0.2) is 55.9 Å². The third-order valence-corrected chi connectivity index (χ3v) is 5.43. The summed E-state index contributed by atoms with van der Waals surface area (Å²) in [6.07, 6.45) is 4.93. The summed E-state index contributed by atoms with van der Waals surface area (Å²) >= 11 is 0. The van der Waals surface area contributed by atoms with Crippen molar-refractivity contribution in [3.8, 4) is 0 Å². The van der Waals surface area contributed by atoms with E-state index < -0.39 is 5.54 Å². The first-order chi connectivity index (χ1) is 13.9. The highest BCUT2D eigenvalue weighted by molar-refractivity contribution is 5.96. The number of anilines is 1. The van der Waals surface area contributed by atoms with E-state index in [4.69, 9.17) is 18.7 Å². The van der Waals surface area contributed by atoms with Gasteiger partial charge in [0.1, 0.15) is 5.69 Å². The first-order valence-corrected chi connectivity index (χ1v) is 10.5. The van der Waals surface area contributed by atoms with Crippen LogP contribution in [0.4, 0.5) is 5.88 Å². The summed E-state index contributed by atoms with van der Waals surface area (Å²) in [5.41, 5.74) is 0.508. The third kappa shape index (κ3) is 6.64. The molecule has 29 heavy (non-hydrogen) atoms. The van der Waals surface area contributed by atoms with Gasteiger partial charge in [-0.1, -0.05) is 11.7 Å². The van der Waals surface area contributed by atoms with Crippen molar-refractivity contribution in [3.05, 3.63) is 18.3 Å². The molecule has 1 aromatic heterocycles. The van der Waals surface area contributed by atoms with Crippen LogP contribution >= 0.6 is 0 Å². The Morgan fingerprint density at radius 1 is 1.28 bits per heavy atom. The van der Waals surface area contributed by atoms with Crippen LogP contribution in [0.5, 0.6) is 0 Å². The number of nitrogens with one attached hydrogen (secondary N) is 2. The maximum atomic E-state index is 12.7. The minimum absolute atomic E-state index is 0.176. The second kappa shape index (κ2) is 10.3. The molecular weight excluding hydrogens is 374 g/mol.